The topological polar surface area (TPSA) is 20.3 Å². The molecule has 0 N–H and O–H groups in total. The van der Waals surface area contributed by atoms with Crippen LogP contribution in [0.1, 0.15) is 41.1 Å². The lowest BCUT2D eigenvalue weighted by Gasteiger charge is -2.39. The van der Waals surface area contributed by atoms with Gasteiger partial charge in [-0.3, -0.25) is 4.79 Å². The Morgan fingerprint density at radius 1 is 1.04 bits per heavy atom. The molecule has 1 saturated carbocycles. The van der Waals surface area contributed by atoms with Crippen LogP contribution in [0.2, 0.25) is 0 Å². The second-order valence-corrected chi connectivity index (χ2v) is 7.18. The lowest BCUT2D eigenvalue weighted by molar-refractivity contribution is 0.0478. The zero-order chi connectivity index (χ0) is 16.5. The van der Waals surface area contributed by atoms with Crippen LogP contribution in [-0.4, -0.2) is 23.9 Å². The van der Waals surface area contributed by atoms with Crippen molar-refractivity contribution in [2.24, 2.45) is 11.8 Å². The lowest BCUT2D eigenvalue weighted by Crippen LogP contribution is -2.49. The van der Waals surface area contributed by atoms with E-state index in [4.69, 9.17) is 0 Å². The van der Waals surface area contributed by atoms with E-state index in [0.29, 0.717) is 11.5 Å². The Kier molecular flexibility index (Phi) is 4.09. The minimum Gasteiger partial charge on any atom is -0.338 e. The van der Waals surface area contributed by atoms with Crippen LogP contribution in [0, 0.1) is 17.7 Å². The summed E-state index contributed by atoms with van der Waals surface area (Å²) in [5.74, 6) is 1.79. The summed E-state index contributed by atoms with van der Waals surface area (Å²) in [5, 5.41) is 0. The van der Waals surface area contributed by atoms with E-state index in [0.717, 1.165) is 24.9 Å². The van der Waals surface area contributed by atoms with E-state index < -0.39 is 0 Å². The van der Waals surface area contributed by atoms with Crippen LogP contribution in [0.15, 0.2) is 54.6 Å². The van der Waals surface area contributed by atoms with Gasteiger partial charge in [0, 0.05) is 18.7 Å². The summed E-state index contributed by atoms with van der Waals surface area (Å²) < 4.78 is 13.2. The maximum absolute atomic E-state index is 13.2. The molecule has 0 bridgehead atoms. The number of benzene rings is 2. The lowest BCUT2D eigenvalue weighted by atomic mass is 9.92. The Hall–Kier alpha value is -2.16. The highest BCUT2D eigenvalue weighted by molar-refractivity contribution is 5.94. The first-order valence-corrected chi connectivity index (χ1v) is 8.80. The third-order valence-corrected chi connectivity index (χ3v) is 5.41. The summed E-state index contributed by atoms with van der Waals surface area (Å²) in [4.78, 5) is 14.1. The summed E-state index contributed by atoms with van der Waals surface area (Å²) in [6, 6.07) is 16.7. The van der Waals surface area contributed by atoms with Crippen molar-refractivity contribution in [2.45, 2.75) is 25.2 Å². The standard InChI is InChI=1S/C21H22FNO/c22-19-8-4-7-18(11-19)21(24)23-13-15(14-23)9-10-17-12-20(17)16-5-2-1-3-6-16/h1-8,11,15,17,20H,9-10,12-14H2. The fraction of sp³-hybridized carbons (Fsp3) is 0.381. The quantitative estimate of drug-likeness (QED) is 0.794. The zero-order valence-electron chi connectivity index (χ0n) is 13.7. The predicted molar refractivity (Wildman–Crippen MR) is 92.3 cm³/mol. The van der Waals surface area contributed by atoms with Gasteiger partial charge in [0.1, 0.15) is 5.82 Å². The molecule has 0 aromatic heterocycles. The molecule has 2 aromatic rings. The maximum atomic E-state index is 13.2. The SMILES string of the molecule is O=C(c1cccc(F)c1)N1CC(CCC2CC2c2ccccc2)C1. The number of halogens is 1. The number of hydrogen-bond donors (Lipinski definition) is 0. The number of hydrogen-bond acceptors (Lipinski definition) is 1. The first-order valence-electron chi connectivity index (χ1n) is 8.80. The number of amides is 1. The average molecular weight is 323 g/mol. The molecule has 4 rings (SSSR count). The Morgan fingerprint density at radius 2 is 1.83 bits per heavy atom. The van der Waals surface area contributed by atoms with Crippen molar-refractivity contribution in [3.63, 3.8) is 0 Å². The van der Waals surface area contributed by atoms with Gasteiger partial charge in [-0.25, -0.2) is 4.39 Å². The molecule has 0 spiro atoms. The van der Waals surface area contributed by atoms with Crippen LogP contribution >= 0.6 is 0 Å². The molecule has 2 fully saturated rings. The minimum atomic E-state index is -0.349. The summed E-state index contributed by atoms with van der Waals surface area (Å²) in [7, 11) is 0. The van der Waals surface area contributed by atoms with Gasteiger partial charge in [-0.15, -0.1) is 0 Å². The number of carbonyl (C=O) groups is 1. The third-order valence-electron chi connectivity index (χ3n) is 5.41. The molecule has 2 aliphatic rings. The predicted octanol–water partition coefficient (Wildman–Crippen LogP) is 4.48. The normalized spacial score (nSPS) is 23.0. The molecule has 1 aliphatic carbocycles. The fourth-order valence-corrected chi connectivity index (χ4v) is 3.85. The Labute approximate surface area is 142 Å². The molecule has 1 saturated heterocycles. The Morgan fingerprint density at radius 3 is 2.58 bits per heavy atom. The summed E-state index contributed by atoms with van der Waals surface area (Å²) in [6.07, 6.45) is 3.76. The van der Waals surface area contributed by atoms with Gasteiger partial charge in [0.05, 0.1) is 0 Å². The molecular formula is C21H22FNO. The largest absolute Gasteiger partial charge is 0.338 e. The molecule has 124 valence electrons. The van der Waals surface area contributed by atoms with Crippen molar-refractivity contribution in [1.82, 2.24) is 4.90 Å². The molecule has 2 aromatic carbocycles. The number of rotatable bonds is 5. The van der Waals surface area contributed by atoms with Crippen molar-refractivity contribution in [3.05, 3.63) is 71.5 Å². The highest BCUT2D eigenvalue weighted by Gasteiger charge is 2.39. The first kappa shape index (κ1) is 15.4. The Bertz CT molecular complexity index is 724. The monoisotopic (exact) mass is 323 g/mol. The number of likely N-dealkylation sites (tertiary alicyclic amines) is 1. The smallest absolute Gasteiger partial charge is 0.253 e. The summed E-state index contributed by atoms with van der Waals surface area (Å²) in [5.41, 5.74) is 1.93. The third kappa shape index (κ3) is 3.21. The zero-order valence-corrected chi connectivity index (χ0v) is 13.7. The van der Waals surface area contributed by atoms with E-state index in [1.807, 2.05) is 4.90 Å². The van der Waals surface area contributed by atoms with E-state index in [-0.39, 0.29) is 11.7 Å². The molecule has 0 radical (unpaired) electrons. The summed E-state index contributed by atoms with van der Waals surface area (Å²) in [6.45, 7) is 1.64. The van der Waals surface area contributed by atoms with Crippen LogP contribution in [-0.2, 0) is 0 Å². The maximum Gasteiger partial charge on any atom is 0.253 e. The molecule has 3 heteroatoms. The van der Waals surface area contributed by atoms with Crippen LogP contribution in [0.25, 0.3) is 0 Å². The number of carbonyl (C=O) groups excluding carboxylic acids is 1. The van der Waals surface area contributed by atoms with Crippen LogP contribution in [0.5, 0.6) is 0 Å². The van der Waals surface area contributed by atoms with Crippen molar-refractivity contribution in [1.29, 1.82) is 0 Å². The molecular weight excluding hydrogens is 301 g/mol. The van der Waals surface area contributed by atoms with Gasteiger partial charge in [0.25, 0.3) is 5.91 Å². The van der Waals surface area contributed by atoms with Crippen molar-refractivity contribution in [3.8, 4) is 0 Å². The highest BCUT2D eigenvalue weighted by atomic mass is 19.1. The van der Waals surface area contributed by atoms with Gasteiger partial charge in [-0.1, -0.05) is 36.4 Å². The molecule has 24 heavy (non-hydrogen) atoms. The average Bonchev–Trinajstić information content (AvgIpc) is 3.33. The molecule has 1 heterocycles. The van der Waals surface area contributed by atoms with Gasteiger partial charge in [0.15, 0.2) is 0 Å². The molecule has 1 amide bonds. The Balaban J connectivity index is 1.21. The molecule has 2 nitrogen and oxygen atoms in total. The van der Waals surface area contributed by atoms with E-state index in [1.54, 1.807) is 12.1 Å². The number of nitrogens with zero attached hydrogens (tertiary/aromatic N) is 1. The minimum absolute atomic E-state index is 0.0423. The van der Waals surface area contributed by atoms with E-state index >= 15 is 0 Å². The van der Waals surface area contributed by atoms with E-state index in [1.165, 1.54) is 37.0 Å². The van der Waals surface area contributed by atoms with Gasteiger partial charge in [0.2, 0.25) is 0 Å². The second-order valence-electron chi connectivity index (χ2n) is 7.18. The molecule has 2 atom stereocenters. The van der Waals surface area contributed by atoms with Gasteiger partial charge in [-0.2, -0.15) is 0 Å². The first-order chi connectivity index (χ1) is 11.7. The van der Waals surface area contributed by atoms with Crippen molar-refractivity contribution < 1.29 is 9.18 Å². The van der Waals surface area contributed by atoms with Crippen LogP contribution < -0.4 is 0 Å². The highest BCUT2D eigenvalue weighted by Crippen LogP contribution is 2.50. The molecule has 2 unspecified atom stereocenters. The van der Waals surface area contributed by atoms with Crippen molar-refractivity contribution in [2.75, 3.05) is 13.1 Å². The second kappa shape index (κ2) is 6.39. The fourth-order valence-electron chi connectivity index (χ4n) is 3.85. The van der Waals surface area contributed by atoms with E-state index in [2.05, 4.69) is 30.3 Å². The van der Waals surface area contributed by atoms with Gasteiger partial charge < -0.3 is 4.90 Å². The van der Waals surface area contributed by atoms with Gasteiger partial charge >= 0.3 is 0 Å². The van der Waals surface area contributed by atoms with Crippen molar-refractivity contribution >= 4 is 5.91 Å². The van der Waals surface area contributed by atoms with Crippen LogP contribution in [0.3, 0.4) is 0 Å². The van der Waals surface area contributed by atoms with Gasteiger partial charge in [-0.05, 0) is 60.8 Å². The molecule has 1 aliphatic heterocycles. The van der Waals surface area contributed by atoms with Crippen LogP contribution in [0.4, 0.5) is 4.39 Å². The van der Waals surface area contributed by atoms with E-state index in [9.17, 15) is 9.18 Å². The summed E-state index contributed by atoms with van der Waals surface area (Å²) >= 11 is 0.